The summed E-state index contributed by atoms with van der Waals surface area (Å²) in [5.74, 6) is -0.340. The molecule has 1 aromatic carbocycles. The van der Waals surface area contributed by atoms with E-state index in [0.717, 1.165) is 12.8 Å². The Kier molecular flexibility index (Phi) is 5.15. The number of nitrogens with zero attached hydrogens (tertiary/aromatic N) is 1. The van der Waals surface area contributed by atoms with Crippen molar-refractivity contribution in [1.82, 2.24) is 5.32 Å². The van der Waals surface area contributed by atoms with E-state index in [0.29, 0.717) is 11.7 Å². The highest BCUT2D eigenvalue weighted by Gasteiger charge is 2.10. The summed E-state index contributed by atoms with van der Waals surface area (Å²) in [5.41, 5.74) is 0.520. The van der Waals surface area contributed by atoms with Crippen molar-refractivity contribution < 1.29 is 9.50 Å². The van der Waals surface area contributed by atoms with Crippen molar-refractivity contribution in [2.24, 2.45) is 4.99 Å². The molecule has 1 atom stereocenters. The lowest BCUT2D eigenvalue weighted by Gasteiger charge is -2.18. The third kappa shape index (κ3) is 4.87. The van der Waals surface area contributed by atoms with Crippen molar-refractivity contribution in [3.05, 3.63) is 30.1 Å². The average molecular weight is 265 g/mol. The van der Waals surface area contributed by atoms with Gasteiger partial charge in [0.2, 0.25) is 6.35 Å². The molecule has 1 aliphatic carbocycles. The summed E-state index contributed by atoms with van der Waals surface area (Å²) in [6, 6.07) is 6.31. The van der Waals surface area contributed by atoms with Gasteiger partial charge in [0.15, 0.2) is 0 Å². The third-order valence-corrected chi connectivity index (χ3v) is 3.22. The van der Waals surface area contributed by atoms with Gasteiger partial charge in [0.1, 0.15) is 5.82 Å². The van der Waals surface area contributed by atoms with Gasteiger partial charge in [-0.15, -0.1) is 0 Å². The molecule has 0 radical (unpaired) electrons. The summed E-state index contributed by atoms with van der Waals surface area (Å²) in [6.07, 6.45) is 6.54. The third-order valence-electron chi connectivity index (χ3n) is 3.22. The molecule has 0 amide bonds. The maximum absolute atomic E-state index is 12.9. The van der Waals surface area contributed by atoms with E-state index in [-0.39, 0.29) is 5.82 Å². The van der Waals surface area contributed by atoms with Crippen LogP contribution in [0.15, 0.2) is 29.3 Å². The molecule has 1 fully saturated rings. The van der Waals surface area contributed by atoms with Crippen LogP contribution in [0.4, 0.5) is 10.1 Å². The van der Waals surface area contributed by atoms with E-state index in [1.165, 1.54) is 37.7 Å². The number of nitrogens with one attached hydrogen (secondary N) is 2. The minimum Gasteiger partial charge on any atom is -0.357 e. The van der Waals surface area contributed by atoms with Gasteiger partial charge in [-0.25, -0.2) is 4.39 Å². The van der Waals surface area contributed by atoms with Crippen LogP contribution >= 0.6 is 0 Å². The summed E-state index contributed by atoms with van der Waals surface area (Å²) in [5, 5.41) is 15.1. The zero-order valence-electron chi connectivity index (χ0n) is 10.8. The van der Waals surface area contributed by atoms with Crippen LogP contribution in [0.2, 0.25) is 0 Å². The number of rotatable bonds is 5. The zero-order chi connectivity index (χ0) is 13.5. The lowest BCUT2D eigenvalue weighted by molar-refractivity contribution is 0.190. The van der Waals surface area contributed by atoms with Crippen LogP contribution in [0.3, 0.4) is 0 Å². The first kappa shape index (κ1) is 13.8. The van der Waals surface area contributed by atoms with E-state index in [9.17, 15) is 9.50 Å². The molecule has 3 N–H and O–H groups in total. The second-order valence-electron chi connectivity index (χ2n) is 4.79. The first-order valence-corrected chi connectivity index (χ1v) is 6.72. The molecule has 0 spiro atoms. The molecular formula is C14H20FN3O. The predicted octanol–water partition coefficient (Wildman–Crippen LogP) is 2.46. The first-order chi connectivity index (χ1) is 9.24. The van der Waals surface area contributed by atoms with Crippen LogP contribution in [0, 0.1) is 5.82 Å². The van der Waals surface area contributed by atoms with Gasteiger partial charge >= 0.3 is 0 Å². The Morgan fingerprint density at radius 1 is 1.32 bits per heavy atom. The minimum absolute atomic E-state index is 0.340. The van der Waals surface area contributed by atoms with Crippen LogP contribution in [0.1, 0.15) is 32.1 Å². The Morgan fingerprint density at radius 2 is 2.11 bits per heavy atom. The minimum atomic E-state index is -0.978. The molecule has 19 heavy (non-hydrogen) atoms. The number of anilines is 1. The van der Waals surface area contributed by atoms with Gasteiger partial charge in [-0.3, -0.25) is 4.99 Å². The second-order valence-corrected chi connectivity index (χ2v) is 4.79. The van der Waals surface area contributed by atoms with Gasteiger partial charge in [-0.05, 0) is 31.0 Å². The Hall–Kier alpha value is -1.62. The highest BCUT2D eigenvalue weighted by Crippen LogP contribution is 2.19. The number of benzene rings is 1. The average Bonchev–Trinajstić information content (AvgIpc) is 2.40. The summed E-state index contributed by atoms with van der Waals surface area (Å²) in [4.78, 5) is 4.37. The fraction of sp³-hybridized carbons (Fsp3) is 0.500. The molecule has 1 saturated carbocycles. The highest BCUT2D eigenvalue weighted by molar-refractivity contribution is 5.56. The Balaban J connectivity index is 1.74. The normalized spacial score (nSPS) is 18.4. The fourth-order valence-electron chi connectivity index (χ4n) is 2.23. The predicted molar refractivity (Wildman–Crippen MR) is 74.5 cm³/mol. The molecule has 0 bridgehead atoms. The first-order valence-electron chi connectivity index (χ1n) is 6.72. The number of hydrogen-bond donors (Lipinski definition) is 3. The van der Waals surface area contributed by atoms with Crippen molar-refractivity contribution >= 4 is 12.0 Å². The van der Waals surface area contributed by atoms with E-state index < -0.39 is 6.35 Å². The second kappa shape index (κ2) is 7.09. The van der Waals surface area contributed by atoms with Crippen molar-refractivity contribution in [3.8, 4) is 0 Å². The molecule has 0 heterocycles. The molecule has 1 aromatic rings. The number of aliphatic hydroxyl groups is 1. The molecule has 0 aliphatic heterocycles. The maximum atomic E-state index is 12.9. The standard InChI is InChI=1S/C14H20FN3O/c15-11-5-4-8-13(9-11)18-14(19)17-10-16-12-6-2-1-3-7-12/h4-5,8-10,12,14,18-19H,1-3,6-7H2,(H,16,17). The van der Waals surface area contributed by atoms with Gasteiger partial charge < -0.3 is 15.7 Å². The van der Waals surface area contributed by atoms with Gasteiger partial charge in [0.05, 0.1) is 12.4 Å². The van der Waals surface area contributed by atoms with Crippen LogP contribution in [0.25, 0.3) is 0 Å². The Bertz CT molecular complexity index is 419. The smallest absolute Gasteiger partial charge is 0.203 e. The van der Waals surface area contributed by atoms with E-state index in [4.69, 9.17) is 0 Å². The van der Waals surface area contributed by atoms with E-state index in [2.05, 4.69) is 15.6 Å². The maximum Gasteiger partial charge on any atom is 0.203 e. The molecule has 2 rings (SSSR count). The summed E-state index contributed by atoms with van der Waals surface area (Å²) < 4.78 is 12.9. The summed E-state index contributed by atoms with van der Waals surface area (Å²) in [6.45, 7) is 0. The molecule has 5 heteroatoms. The zero-order valence-corrected chi connectivity index (χ0v) is 10.8. The van der Waals surface area contributed by atoms with Crippen LogP contribution < -0.4 is 10.6 Å². The molecular weight excluding hydrogens is 245 g/mol. The van der Waals surface area contributed by atoms with Crippen LogP contribution in [0.5, 0.6) is 0 Å². The molecule has 1 aliphatic rings. The largest absolute Gasteiger partial charge is 0.357 e. The van der Waals surface area contributed by atoms with Gasteiger partial charge in [-0.2, -0.15) is 0 Å². The number of hydrogen-bond acceptors (Lipinski definition) is 3. The van der Waals surface area contributed by atoms with E-state index in [1.807, 2.05) is 0 Å². The van der Waals surface area contributed by atoms with E-state index in [1.54, 1.807) is 12.1 Å². The molecule has 0 saturated heterocycles. The SMILES string of the molecule is OC(NC=NC1CCCCC1)Nc1cccc(F)c1. The van der Waals surface area contributed by atoms with Crippen molar-refractivity contribution in [2.75, 3.05) is 5.32 Å². The van der Waals surface area contributed by atoms with Gasteiger partial charge in [0, 0.05) is 5.69 Å². The monoisotopic (exact) mass is 265 g/mol. The number of halogens is 1. The molecule has 4 nitrogen and oxygen atoms in total. The van der Waals surface area contributed by atoms with Crippen LogP contribution in [-0.4, -0.2) is 23.8 Å². The lowest BCUT2D eigenvalue weighted by atomic mass is 9.96. The van der Waals surface area contributed by atoms with Crippen LogP contribution in [-0.2, 0) is 0 Å². The fourth-order valence-corrected chi connectivity index (χ4v) is 2.23. The molecule has 104 valence electrons. The van der Waals surface area contributed by atoms with E-state index >= 15 is 0 Å². The van der Waals surface area contributed by atoms with Crippen molar-refractivity contribution in [2.45, 2.75) is 44.5 Å². The quantitative estimate of drug-likeness (QED) is 0.435. The van der Waals surface area contributed by atoms with Gasteiger partial charge in [-0.1, -0.05) is 25.3 Å². The van der Waals surface area contributed by atoms with Crippen molar-refractivity contribution in [3.63, 3.8) is 0 Å². The lowest BCUT2D eigenvalue weighted by Crippen LogP contribution is -2.35. The molecule has 1 unspecified atom stereocenters. The number of aliphatic imine (C=N–C) groups is 1. The number of aliphatic hydroxyl groups excluding tert-OH is 1. The van der Waals surface area contributed by atoms with Gasteiger partial charge in [0.25, 0.3) is 0 Å². The highest BCUT2D eigenvalue weighted by atomic mass is 19.1. The Labute approximate surface area is 112 Å². The Morgan fingerprint density at radius 3 is 2.84 bits per heavy atom. The summed E-state index contributed by atoms with van der Waals surface area (Å²) in [7, 11) is 0. The topological polar surface area (TPSA) is 56.6 Å². The molecule has 0 aromatic heterocycles. The summed E-state index contributed by atoms with van der Waals surface area (Å²) >= 11 is 0. The van der Waals surface area contributed by atoms with Crippen molar-refractivity contribution in [1.29, 1.82) is 0 Å².